The lowest BCUT2D eigenvalue weighted by molar-refractivity contribution is -0.0870. The minimum absolute atomic E-state index is 0.00537. The third-order valence-electron chi connectivity index (χ3n) is 4.94. The number of fused-ring (bicyclic) bond motifs is 2. The van der Waals surface area contributed by atoms with Gasteiger partial charge in [0.25, 0.3) is 10.1 Å². The van der Waals surface area contributed by atoms with E-state index >= 15 is 0 Å². The molecule has 1 aromatic carbocycles. The quantitative estimate of drug-likeness (QED) is 0.855. The summed E-state index contributed by atoms with van der Waals surface area (Å²) in [6, 6.07) is 6.60. The number of benzene rings is 1. The van der Waals surface area contributed by atoms with Crippen molar-refractivity contribution in [3.8, 4) is 0 Å². The standard InChI is InChI=1S/C16H22O5S/c1-11-3-5-14(6-4-11)22(18,19)21-10-12-7-15(17)16(2)8-13(12)9-20-16/h3-6,12-13,15,17H,7-10H2,1-2H3. The monoisotopic (exact) mass is 326 g/mol. The van der Waals surface area contributed by atoms with Crippen LogP contribution >= 0.6 is 0 Å². The van der Waals surface area contributed by atoms with Crippen LogP contribution in [0.2, 0.25) is 0 Å². The number of aryl methyl sites for hydroxylation is 1. The van der Waals surface area contributed by atoms with Crippen molar-refractivity contribution in [3.05, 3.63) is 29.8 Å². The number of rotatable bonds is 4. The lowest BCUT2D eigenvalue weighted by Gasteiger charge is -2.37. The van der Waals surface area contributed by atoms with Crippen LogP contribution in [0.1, 0.15) is 25.3 Å². The van der Waals surface area contributed by atoms with Crippen LogP contribution in [0.25, 0.3) is 0 Å². The largest absolute Gasteiger partial charge is 0.390 e. The van der Waals surface area contributed by atoms with Crippen LogP contribution in [0.15, 0.2) is 29.2 Å². The van der Waals surface area contributed by atoms with E-state index in [-0.39, 0.29) is 23.3 Å². The van der Waals surface area contributed by atoms with E-state index in [1.807, 2.05) is 13.8 Å². The molecule has 1 N–H and O–H groups in total. The molecular weight excluding hydrogens is 304 g/mol. The molecule has 0 amide bonds. The van der Waals surface area contributed by atoms with Crippen molar-refractivity contribution in [1.82, 2.24) is 0 Å². The highest BCUT2D eigenvalue weighted by molar-refractivity contribution is 7.86. The SMILES string of the molecule is Cc1ccc(S(=O)(=O)OCC2CC(O)C3(C)CC2CO3)cc1. The molecule has 1 saturated carbocycles. The van der Waals surface area contributed by atoms with Gasteiger partial charge in [-0.05, 0) is 50.7 Å². The van der Waals surface area contributed by atoms with Gasteiger partial charge < -0.3 is 9.84 Å². The van der Waals surface area contributed by atoms with Gasteiger partial charge in [0.1, 0.15) is 0 Å². The van der Waals surface area contributed by atoms with Gasteiger partial charge >= 0.3 is 0 Å². The van der Waals surface area contributed by atoms with Gasteiger partial charge in [-0.1, -0.05) is 17.7 Å². The summed E-state index contributed by atoms with van der Waals surface area (Å²) < 4.78 is 35.4. The van der Waals surface area contributed by atoms with Crippen molar-refractivity contribution in [3.63, 3.8) is 0 Å². The van der Waals surface area contributed by atoms with Gasteiger partial charge in [0.15, 0.2) is 0 Å². The first kappa shape index (κ1) is 15.9. The van der Waals surface area contributed by atoms with Crippen LogP contribution < -0.4 is 0 Å². The summed E-state index contributed by atoms with van der Waals surface area (Å²) >= 11 is 0. The Bertz CT molecular complexity index is 639. The Hall–Kier alpha value is -0.950. The van der Waals surface area contributed by atoms with Gasteiger partial charge in [-0.2, -0.15) is 8.42 Å². The molecule has 4 unspecified atom stereocenters. The number of hydrogen-bond donors (Lipinski definition) is 1. The highest BCUT2D eigenvalue weighted by Crippen LogP contribution is 2.45. The second kappa shape index (κ2) is 5.60. The maximum atomic E-state index is 12.2. The third-order valence-corrected chi connectivity index (χ3v) is 6.24. The second-order valence-corrected chi connectivity index (χ2v) is 8.27. The van der Waals surface area contributed by atoms with Crippen LogP contribution in [0.5, 0.6) is 0 Å². The molecule has 1 heterocycles. The molecule has 1 saturated heterocycles. The smallest absolute Gasteiger partial charge is 0.296 e. The summed E-state index contributed by atoms with van der Waals surface area (Å²) in [6.07, 6.45) is 0.707. The molecule has 3 rings (SSSR count). The first-order chi connectivity index (χ1) is 10.3. The lowest BCUT2D eigenvalue weighted by Crippen LogP contribution is -2.44. The maximum Gasteiger partial charge on any atom is 0.296 e. The zero-order chi connectivity index (χ0) is 16.0. The summed E-state index contributed by atoms with van der Waals surface area (Å²) in [5.41, 5.74) is 0.522. The molecule has 4 atom stereocenters. The van der Waals surface area contributed by atoms with Crippen LogP contribution in [-0.2, 0) is 19.0 Å². The molecule has 1 aliphatic heterocycles. The van der Waals surface area contributed by atoms with Crippen LogP contribution in [0.4, 0.5) is 0 Å². The Kier molecular flexibility index (Phi) is 4.05. The van der Waals surface area contributed by atoms with Gasteiger partial charge in [0, 0.05) is 0 Å². The summed E-state index contributed by atoms with van der Waals surface area (Å²) in [5, 5.41) is 10.2. The molecule has 5 nitrogen and oxygen atoms in total. The average Bonchev–Trinajstić information content (AvgIpc) is 2.82. The molecule has 1 aromatic rings. The molecule has 2 aliphatic rings. The van der Waals surface area contributed by atoms with Gasteiger partial charge in [-0.25, -0.2) is 0 Å². The van der Waals surface area contributed by atoms with Crippen LogP contribution in [-0.4, -0.2) is 38.4 Å². The normalized spacial score (nSPS) is 34.8. The molecule has 22 heavy (non-hydrogen) atoms. The highest BCUT2D eigenvalue weighted by Gasteiger charge is 2.50. The zero-order valence-corrected chi connectivity index (χ0v) is 13.7. The van der Waals surface area contributed by atoms with Gasteiger partial charge in [0.05, 0.1) is 29.8 Å². The van der Waals surface area contributed by atoms with E-state index in [2.05, 4.69) is 0 Å². The third kappa shape index (κ3) is 2.93. The first-order valence-corrected chi connectivity index (χ1v) is 8.99. The van der Waals surface area contributed by atoms with E-state index in [0.29, 0.717) is 13.0 Å². The summed E-state index contributed by atoms with van der Waals surface area (Å²) in [4.78, 5) is 0.168. The fraction of sp³-hybridized carbons (Fsp3) is 0.625. The summed E-state index contributed by atoms with van der Waals surface area (Å²) in [5.74, 6) is 0.257. The van der Waals surface area contributed by atoms with Gasteiger partial charge in [-0.15, -0.1) is 0 Å². The fourth-order valence-electron chi connectivity index (χ4n) is 3.35. The molecule has 0 radical (unpaired) electrons. The number of aliphatic hydroxyl groups is 1. The zero-order valence-electron chi connectivity index (χ0n) is 12.9. The molecule has 0 aromatic heterocycles. The van der Waals surface area contributed by atoms with Crippen molar-refractivity contribution in [1.29, 1.82) is 0 Å². The molecule has 2 fully saturated rings. The van der Waals surface area contributed by atoms with Crippen LogP contribution in [0, 0.1) is 18.8 Å². The number of hydrogen-bond acceptors (Lipinski definition) is 5. The molecule has 122 valence electrons. The second-order valence-electron chi connectivity index (χ2n) is 6.65. The molecule has 2 bridgehead atoms. The molecule has 0 spiro atoms. The van der Waals surface area contributed by atoms with Crippen molar-refractivity contribution in [2.24, 2.45) is 11.8 Å². The Labute approximate surface area is 131 Å². The van der Waals surface area contributed by atoms with Crippen molar-refractivity contribution in [2.45, 2.75) is 43.3 Å². The summed E-state index contributed by atoms with van der Waals surface area (Å²) in [7, 11) is -3.75. The number of aliphatic hydroxyl groups excluding tert-OH is 1. The van der Waals surface area contributed by atoms with E-state index in [4.69, 9.17) is 8.92 Å². The van der Waals surface area contributed by atoms with Gasteiger partial charge in [-0.3, -0.25) is 4.18 Å². The van der Waals surface area contributed by atoms with E-state index in [0.717, 1.165) is 12.0 Å². The minimum Gasteiger partial charge on any atom is -0.390 e. The topological polar surface area (TPSA) is 72.8 Å². The van der Waals surface area contributed by atoms with E-state index in [1.54, 1.807) is 24.3 Å². The highest BCUT2D eigenvalue weighted by atomic mass is 32.2. The number of ether oxygens (including phenoxy) is 1. The van der Waals surface area contributed by atoms with E-state index < -0.39 is 21.8 Å². The van der Waals surface area contributed by atoms with E-state index in [9.17, 15) is 13.5 Å². The van der Waals surface area contributed by atoms with Crippen molar-refractivity contribution in [2.75, 3.05) is 13.2 Å². The van der Waals surface area contributed by atoms with E-state index in [1.165, 1.54) is 0 Å². The molecule has 1 aliphatic carbocycles. The fourth-order valence-corrected chi connectivity index (χ4v) is 4.31. The predicted octanol–water partition coefficient (Wildman–Crippen LogP) is 1.88. The Balaban J connectivity index is 1.66. The first-order valence-electron chi connectivity index (χ1n) is 7.58. The minimum atomic E-state index is -3.75. The molecular formula is C16H22O5S. The van der Waals surface area contributed by atoms with Gasteiger partial charge in [0.2, 0.25) is 0 Å². The Morgan fingerprint density at radius 2 is 2.05 bits per heavy atom. The lowest BCUT2D eigenvalue weighted by atomic mass is 9.73. The molecule has 6 heteroatoms. The van der Waals surface area contributed by atoms with Crippen molar-refractivity contribution < 1.29 is 22.4 Å². The Morgan fingerprint density at radius 1 is 1.36 bits per heavy atom. The summed E-state index contributed by atoms with van der Waals surface area (Å²) in [6.45, 7) is 4.47. The maximum absolute atomic E-state index is 12.2. The predicted molar refractivity (Wildman–Crippen MR) is 80.9 cm³/mol. The average molecular weight is 326 g/mol. The van der Waals surface area contributed by atoms with Crippen LogP contribution in [0.3, 0.4) is 0 Å². The van der Waals surface area contributed by atoms with Crippen molar-refractivity contribution >= 4 is 10.1 Å². The Morgan fingerprint density at radius 3 is 2.73 bits per heavy atom.